The fraction of sp³-hybridized carbons (Fsp3) is 0.417. The minimum absolute atomic E-state index is 0.0974. The van der Waals surface area contributed by atoms with Gasteiger partial charge in [0.2, 0.25) is 0 Å². The predicted molar refractivity (Wildman–Crippen MR) is 67.7 cm³/mol. The lowest BCUT2D eigenvalue weighted by molar-refractivity contribution is -0.118. The lowest BCUT2D eigenvalue weighted by Crippen LogP contribution is -2.16. The van der Waals surface area contributed by atoms with E-state index in [0.717, 1.165) is 12.0 Å². The fourth-order valence-corrected chi connectivity index (χ4v) is 2.20. The molecule has 0 aliphatic carbocycles. The van der Waals surface area contributed by atoms with Crippen LogP contribution < -0.4 is 0 Å². The van der Waals surface area contributed by atoms with Gasteiger partial charge in [0.25, 0.3) is 0 Å². The van der Waals surface area contributed by atoms with Gasteiger partial charge in [0.05, 0.1) is 9.85 Å². The first kappa shape index (κ1) is 13.7. The molecule has 88 valence electrons. The summed E-state index contributed by atoms with van der Waals surface area (Å²) in [6.07, 6.45) is 1.94. The van der Waals surface area contributed by atoms with E-state index in [0.29, 0.717) is 12.8 Å². The van der Waals surface area contributed by atoms with E-state index >= 15 is 0 Å². The van der Waals surface area contributed by atoms with E-state index in [4.69, 9.17) is 11.6 Å². The van der Waals surface area contributed by atoms with Gasteiger partial charge in [0.15, 0.2) is 0 Å². The molecule has 0 saturated heterocycles. The van der Waals surface area contributed by atoms with E-state index in [2.05, 4.69) is 15.9 Å². The van der Waals surface area contributed by atoms with Gasteiger partial charge in [-0.1, -0.05) is 40.5 Å². The van der Waals surface area contributed by atoms with Crippen molar-refractivity contribution in [1.82, 2.24) is 0 Å². The Kier molecular flexibility index (Phi) is 5.42. The third-order valence-electron chi connectivity index (χ3n) is 2.24. The minimum atomic E-state index is -0.434. The maximum atomic E-state index is 12.9. The fourth-order valence-electron chi connectivity index (χ4n) is 1.39. The second-order valence-electron chi connectivity index (χ2n) is 3.64. The van der Waals surface area contributed by atoms with Crippen molar-refractivity contribution in [2.75, 3.05) is 0 Å². The number of carbonyl (C=O) groups excluding carboxylic acids is 1. The maximum Gasteiger partial charge on any atom is 0.146 e. The third-order valence-corrected chi connectivity index (χ3v) is 3.37. The zero-order chi connectivity index (χ0) is 12.1. The van der Waals surface area contributed by atoms with Gasteiger partial charge in [-0.05, 0) is 30.5 Å². The third kappa shape index (κ3) is 3.87. The Morgan fingerprint density at radius 3 is 2.81 bits per heavy atom. The van der Waals surface area contributed by atoms with Crippen molar-refractivity contribution in [3.63, 3.8) is 0 Å². The number of halogens is 3. The number of rotatable bonds is 5. The smallest absolute Gasteiger partial charge is 0.146 e. The maximum absolute atomic E-state index is 12.9. The second-order valence-corrected chi connectivity index (χ2v) is 5.15. The van der Waals surface area contributed by atoms with Gasteiger partial charge in [0.1, 0.15) is 11.6 Å². The SMILES string of the molecule is CCCC(=O)C(Br)Cc1ccc(F)c(Cl)c1. The van der Waals surface area contributed by atoms with E-state index in [1.807, 2.05) is 6.92 Å². The number of carbonyl (C=O) groups is 1. The Morgan fingerprint density at radius 1 is 1.56 bits per heavy atom. The standard InChI is InChI=1S/C12H13BrClFO/c1-2-3-12(16)9(13)6-8-4-5-11(15)10(14)7-8/h4-5,7,9H,2-3,6H2,1H3. The summed E-state index contributed by atoms with van der Waals surface area (Å²) < 4.78 is 12.9. The van der Waals surface area contributed by atoms with Crippen LogP contribution in [0.15, 0.2) is 18.2 Å². The van der Waals surface area contributed by atoms with Crippen LogP contribution in [0, 0.1) is 5.82 Å². The number of hydrogen-bond acceptors (Lipinski definition) is 1. The molecule has 1 atom stereocenters. The molecule has 16 heavy (non-hydrogen) atoms. The van der Waals surface area contributed by atoms with Crippen LogP contribution in [0.3, 0.4) is 0 Å². The Balaban J connectivity index is 2.66. The number of benzene rings is 1. The van der Waals surface area contributed by atoms with Crippen molar-refractivity contribution in [1.29, 1.82) is 0 Å². The summed E-state index contributed by atoms with van der Waals surface area (Å²) in [5, 5.41) is 0.0974. The molecule has 1 rings (SSSR count). The number of hydrogen-bond donors (Lipinski definition) is 0. The van der Waals surface area contributed by atoms with Crippen LogP contribution in [0.4, 0.5) is 4.39 Å². The highest BCUT2D eigenvalue weighted by molar-refractivity contribution is 9.10. The summed E-state index contributed by atoms with van der Waals surface area (Å²) in [6.45, 7) is 1.96. The molecule has 0 bridgehead atoms. The molecular formula is C12H13BrClFO. The Labute approximate surface area is 108 Å². The number of ketones is 1. The first-order valence-electron chi connectivity index (χ1n) is 5.15. The Morgan fingerprint density at radius 2 is 2.25 bits per heavy atom. The van der Waals surface area contributed by atoms with E-state index < -0.39 is 5.82 Å². The second kappa shape index (κ2) is 6.36. The van der Waals surface area contributed by atoms with Crippen molar-refractivity contribution in [3.8, 4) is 0 Å². The summed E-state index contributed by atoms with van der Waals surface area (Å²) in [7, 11) is 0. The molecule has 0 fully saturated rings. The quantitative estimate of drug-likeness (QED) is 0.747. The first-order chi connectivity index (χ1) is 7.54. The summed E-state index contributed by atoms with van der Waals surface area (Å²) in [5.41, 5.74) is 0.859. The molecule has 0 saturated carbocycles. The molecule has 1 unspecified atom stereocenters. The summed E-state index contributed by atoms with van der Waals surface area (Å²) >= 11 is 9.00. The zero-order valence-corrected chi connectivity index (χ0v) is 11.3. The van der Waals surface area contributed by atoms with E-state index in [1.54, 1.807) is 12.1 Å². The highest BCUT2D eigenvalue weighted by atomic mass is 79.9. The highest BCUT2D eigenvalue weighted by Gasteiger charge is 2.14. The molecule has 0 heterocycles. The van der Waals surface area contributed by atoms with Gasteiger partial charge in [-0.25, -0.2) is 4.39 Å². The molecule has 0 aliphatic rings. The van der Waals surface area contributed by atoms with Crippen LogP contribution in [0.2, 0.25) is 5.02 Å². The summed E-state index contributed by atoms with van der Waals surface area (Å²) in [4.78, 5) is 11.3. The molecule has 0 N–H and O–H groups in total. The molecule has 0 spiro atoms. The average molecular weight is 308 g/mol. The molecule has 1 aromatic rings. The van der Waals surface area contributed by atoms with E-state index in [9.17, 15) is 9.18 Å². The Bertz CT molecular complexity index is 381. The molecule has 1 nitrogen and oxygen atoms in total. The number of Topliss-reactive ketones (excluding diaryl/α,β-unsaturated/α-hetero) is 1. The van der Waals surface area contributed by atoms with Gasteiger partial charge < -0.3 is 0 Å². The molecule has 1 aromatic carbocycles. The topological polar surface area (TPSA) is 17.1 Å². The molecule has 0 amide bonds. The highest BCUT2D eigenvalue weighted by Crippen LogP contribution is 2.19. The van der Waals surface area contributed by atoms with Crippen LogP contribution >= 0.6 is 27.5 Å². The van der Waals surface area contributed by atoms with Gasteiger partial charge in [-0.3, -0.25) is 4.79 Å². The van der Waals surface area contributed by atoms with Crippen molar-refractivity contribution >= 4 is 33.3 Å². The van der Waals surface area contributed by atoms with Gasteiger partial charge >= 0.3 is 0 Å². The molecule has 0 aliphatic heterocycles. The van der Waals surface area contributed by atoms with Crippen molar-refractivity contribution < 1.29 is 9.18 Å². The molecule has 0 radical (unpaired) electrons. The largest absolute Gasteiger partial charge is 0.298 e. The lowest BCUT2D eigenvalue weighted by Gasteiger charge is -2.08. The molecule has 4 heteroatoms. The minimum Gasteiger partial charge on any atom is -0.298 e. The first-order valence-corrected chi connectivity index (χ1v) is 6.44. The monoisotopic (exact) mass is 306 g/mol. The van der Waals surface area contributed by atoms with Gasteiger partial charge in [0, 0.05) is 6.42 Å². The molecular weight excluding hydrogens is 294 g/mol. The predicted octanol–water partition coefficient (Wildman–Crippen LogP) is 4.15. The number of alkyl halides is 1. The Hall–Kier alpha value is -0.410. The normalized spacial score (nSPS) is 12.5. The van der Waals surface area contributed by atoms with Crippen molar-refractivity contribution in [2.24, 2.45) is 0 Å². The van der Waals surface area contributed by atoms with Crippen LogP contribution in [0.25, 0.3) is 0 Å². The lowest BCUT2D eigenvalue weighted by atomic mass is 10.1. The van der Waals surface area contributed by atoms with Crippen LogP contribution in [0.5, 0.6) is 0 Å². The van der Waals surface area contributed by atoms with Crippen LogP contribution in [0.1, 0.15) is 25.3 Å². The van der Waals surface area contributed by atoms with E-state index in [1.165, 1.54) is 6.07 Å². The van der Waals surface area contributed by atoms with Crippen LogP contribution in [-0.4, -0.2) is 10.6 Å². The van der Waals surface area contributed by atoms with Gasteiger partial charge in [-0.2, -0.15) is 0 Å². The van der Waals surface area contributed by atoms with E-state index in [-0.39, 0.29) is 15.6 Å². The zero-order valence-electron chi connectivity index (χ0n) is 8.97. The van der Waals surface area contributed by atoms with Crippen molar-refractivity contribution in [2.45, 2.75) is 31.0 Å². The average Bonchev–Trinajstić information content (AvgIpc) is 2.24. The summed E-state index contributed by atoms with van der Waals surface area (Å²) in [6, 6.07) is 4.53. The molecule has 0 aromatic heterocycles. The van der Waals surface area contributed by atoms with Crippen LogP contribution in [-0.2, 0) is 11.2 Å². The van der Waals surface area contributed by atoms with Gasteiger partial charge in [-0.15, -0.1) is 0 Å². The van der Waals surface area contributed by atoms with Crippen molar-refractivity contribution in [3.05, 3.63) is 34.6 Å². The summed E-state index contributed by atoms with van der Waals surface area (Å²) in [5.74, 6) is -0.264.